The fourth-order valence-corrected chi connectivity index (χ4v) is 2.37. The van der Waals surface area contributed by atoms with Crippen LogP contribution in [0.15, 0.2) is 18.2 Å². The molecule has 3 nitrogen and oxygen atoms in total. The smallest absolute Gasteiger partial charge is 0.143 e. The number of aryl methyl sites for hydroxylation is 1. The van der Waals surface area contributed by atoms with Crippen LogP contribution in [0.25, 0.3) is 11.3 Å². The number of nitrogens with two attached hydrogens (primary N) is 1. The number of nitrogens with zero attached hydrogens (tertiary/aromatic N) is 1. The van der Waals surface area contributed by atoms with Crippen molar-refractivity contribution in [3.05, 3.63) is 39.4 Å². The highest BCUT2D eigenvalue weighted by atomic mass is 35.5. The molecule has 1 aromatic heterocycles. The minimum absolute atomic E-state index is 0.251. The first-order chi connectivity index (χ1) is 8.95. The van der Waals surface area contributed by atoms with Gasteiger partial charge in [-0.25, -0.2) is 4.98 Å². The first-order valence-corrected chi connectivity index (χ1v) is 6.47. The summed E-state index contributed by atoms with van der Waals surface area (Å²) in [6, 6.07) is 5.51. The third-order valence-electron chi connectivity index (χ3n) is 3.09. The number of benzene rings is 1. The number of rotatable bonds is 2. The molecule has 5 heteroatoms. The second kappa shape index (κ2) is 5.27. The van der Waals surface area contributed by atoms with Gasteiger partial charge >= 0.3 is 0 Å². The number of ether oxygens (including phenoxy) is 1. The van der Waals surface area contributed by atoms with Gasteiger partial charge in [0.25, 0.3) is 0 Å². The number of aromatic nitrogens is 1. The monoisotopic (exact) mass is 296 g/mol. The van der Waals surface area contributed by atoms with Gasteiger partial charge in [0.2, 0.25) is 0 Å². The Hall–Kier alpha value is -1.45. The van der Waals surface area contributed by atoms with Gasteiger partial charge in [-0.1, -0.05) is 29.3 Å². The molecule has 1 heterocycles. The fraction of sp³-hybridized carbons (Fsp3) is 0.214. The minimum Gasteiger partial charge on any atom is -0.496 e. The second-order valence-corrected chi connectivity index (χ2v) is 5.09. The van der Waals surface area contributed by atoms with E-state index in [2.05, 4.69) is 4.98 Å². The molecule has 0 spiro atoms. The Morgan fingerprint density at radius 3 is 2.47 bits per heavy atom. The van der Waals surface area contributed by atoms with Gasteiger partial charge in [0, 0.05) is 5.56 Å². The molecule has 19 heavy (non-hydrogen) atoms. The predicted octanol–water partition coefficient (Wildman–Crippen LogP) is 4.26. The van der Waals surface area contributed by atoms with Gasteiger partial charge in [0.15, 0.2) is 0 Å². The molecule has 2 N–H and O–H groups in total. The second-order valence-electron chi connectivity index (χ2n) is 4.27. The summed E-state index contributed by atoms with van der Waals surface area (Å²) in [5.74, 6) is 0.998. The summed E-state index contributed by atoms with van der Waals surface area (Å²) < 4.78 is 5.46. The molecule has 0 atom stereocenters. The van der Waals surface area contributed by atoms with E-state index in [-0.39, 0.29) is 5.82 Å². The van der Waals surface area contributed by atoms with Gasteiger partial charge in [-0.15, -0.1) is 0 Å². The van der Waals surface area contributed by atoms with Crippen molar-refractivity contribution >= 4 is 29.0 Å². The molecule has 100 valence electrons. The molecular weight excluding hydrogens is 283 g/mol. The van der Waals surface area contributed by atoms with Crippen LogP contribution in [0.5, 0.6) is 5.75 Å². The normalized spacial score (nSPS) is 10.6. The van der Waals surface area contributed by atoms with Crippen LogP contribution in [0.2, 0.25) is 10.0 Å². The Bertz CT molecular complexity index is 642. The zero-order valence-corrected chi connectivity index (χ0v) is 12.4. The lowest BCUT2D eigenvalue weighted by Crippen LogP contribution is -1.98. The molecule has 0 aliphatic heterocycles. The lowest BCUT2D eigenvalue weighted by molar-refractivity contribution is 0.413. The fourth-order valence-electron chi connectivity index (χ4n) is 1.91. The summed E-state index contributed by atoms with van der Waals surface area (Å²) in [7, 11) is 1.62. The van der Waals surface area contributed by atoms with Crippen LogP contribution in [0.3, 0.4) is 0 Å². The van der Waals surface area contributed by atoms with E-state index < -0.39 is 0 Å². The third-order valence-corrected chi connectivity index (χ3v) is 3.68. The summed E-state index contributed by atoms with van der Waals surface area (Å²) in [6.07, 6.45) is 0. The van der Waals surface area contributed by atoms with E-state index in [9.17, 15) is 0 Å². The quantitative estimate of drug-likeness (QED) is 0.900. The van der Waals surface area contributed by atoms with Crippen molar-refractivity contribution in [2.24, 2.45) is 0 Å². The van der Waals surface area contributed by atoms with Gasteiger partial charge in [0.1, 0.15) is 11.6 Å². The number of hydrogen-bond donors (Lipinski definition) is 1. The van der Waals surface area contributed by atoms with Crippen molar-refractivity contribution in [2.45, 2.75) is 13.8 Å². The number of halogens is 2. The molecule has 0 radical (unpaired) electrons. The average molecular weight is 297 g/mol. The molecule has 0 fully saturated rings. The lowest BCUT2D eigenvalue weighted by atomic mass is 10.0. The number of nitrogen functional groups attached to an aromatic ring is 1. The molecule has 0 unspecified atom stereocenters. The zero-order chi connectivity index (χ0) is 14.2. The van der Waals surface area contributed by atoms with Crippen molar-refractivity contribution in [2.75, 3.05) is 12.8 Å². The average Bonchev–Trinajstić information content (AvgIpc) is 2.37. The molecular formula is C14H14Cl2N2O. The van der Waals surface area contributed by atoms with Crippen LogP contribution < -0.4 is 10.5 Å². The van der Waals surface area contributed by atoms with Crippen molar-refractivity contribution in [3.8, 4) is 17.0 Å². The van der Waals surface area contributed by atoms with Crippen molar-refractivity contribution < 1.29 is 4.74 Å². The van der Waals surface area contributed by atoms with E-state index in [0.29, 0.717) is 15.7 Å². The summed E-state index contributed by atoms with van der Waals surface area (Å²) in [6.45, 7) is 4.01. The molecule has 1 aromatic carbocycles. The summed E-state index contributed by atoms with van der Waals surface area (Å²) in [5.41, 5.74) is 9.31. The zero-order valence-electron chi connectivity index (χ0n) is 10.9. The minimum atomic E-state index is 0.251. The highest BCUT2D eigenvalue weighted by molar-refractivity contribution is 6.37. The molecule has 2 aromatic rings. The molecule has 2 rings (SSSR count). The molecule has 0 saturated carbocycles. The maximum Gasteiger partial charge on any atom is 0.143 e. The van der Waals surface area contributed by atoms with E-state index >= 15 is 0 Å². The third kappa shape index (κ3) is 2.48. The molecule has 0 bridgehead atoms. The number of anilines is 1. The molecule has 0 aliphatic carbocycles. The first kappa shape index (κ1) is 14.0. The standard InChI is InChI=1S/C14H14Cl2N2O/c1-7-4-5-9(13(19-3)8(7)2)12-10(15)6-11(16)14(17)18-12/h4-6H,1-3H3,(H2,17,18). The van der Waals surface area contributed by atoms with Gasteiger partial charge < -0.3 is 10.5 Å². The summed E-state index contributed by atoms with van der Waals surface area (Å²) in [5, 5.41) is 0.789. The highest BCUT2D eigenvalue weighted by Crippen LogP contribution is 2.38. The topological polar surface area (TPSA) is 48.1 Å². The Morgan fingerprint density at radius 2 is 1.84 bits per heavy atom. The van der Waals surface area contributed by atoms with Crippen LogP contribution in [-0.2, 0) is 0 Å². The number of methoxy groups -OCH3 is 1. The summed E-state index contributed by atoms with van der Waals surface area (Å²) in [4.78, 5) is 4.26. The van der Waals surface area contributed by atoms with E-state index in [1.54, 1.807) is 13.2 Å². The van der Waals surface area contributed by atoms with Crippen molar-refractivity contribution in [3.63, 3.8) is 0 Å². The Labute approximate surface area is 122 Å². The Kier molecular flexibility index (Phi) is 3.88. The first-order valence-electron chi connectivity index (χ1n) is 5.71. The van der Waals surface area contributed by atoms with Gasteiger partial charge in [0.05, 0.1) is 22.8 Å². The van der Waals surface area contributed by atoms with Crippen LogP contribution in [0.1, 0.15) is 11.1 Å². The maximum absolute atomic E-state index is 6.20. The molecule has 0 saturated heterocycles. The van der Waals surface area contributed by atoms with Crippen LogP contribution in [0, 0.1) is 13.8 Å². The Balaban J connectivity index is 2.72. The van der Waals surface area contributed by atoms with Gasteiger partial charge in [-0.05, 0) is 37.1 Å². The van der Waals surface area contributed by atoms with E-state index in [0.717, 1.165) is 22.4 Å². The van der Waals surface area contributed by atoms with E-state index in [4.69, 9.17) is 33.7 Å². The summed E-state index contributed by atoms with van der Waals surface area (Å²) >= 11 is 12.1. The maximum atomic E-state index is 6.20. The van der Waals surface area contributed by atoms with Crippen LogP contribution in [-0.4, -0.2) is 12.1 Å². The highest BCUT2D eigenvalue weighted by Gasteiger charge is 2.16. The SMILES string of the molecule is COc1c(-c2nc(N)c(Cl)cc2Cl)ccc(C)c1C. The van der Waals surface area contributed by atoms with E-state index in [1.165, 1.54) is 0 Å². The Morgan fingerprint density at radius 1 is 1.16 bits per heavy atom. The van der Waals surface area contributed by atoms with Crippen LogP contribution >= 0.6 is 23.2 Å². The van der Waals surface area contributed by atoms with E-state index in [1.807, 2.05) is 26.0 Å². The van der Waals surface area contributed by atoms with Gasteiger partial charge in [-0.3, -0.25) is 0 Å². The number of hydrogen-bond acceptors (Lipinski definition) is 3. The largest absolute Gasteiger partial charge is 0.496 e. The van der Waals surface area contributed by atoms with Gasteiger partial charge in [-0.2, -0.15) is 0 Å². The predicted molar refractivity (Wildman–Crippen MR) is 80.1 cm³/mol. The van der Waals surface area contributed by atoms with Crippen molar-refractivity contribution in [1.82, 2.24) is 4.98 Å². The molecule has 0 amide bonds. The molecule has 0 aliphatic rings. The van der Waals surface area contributed by atoms with Crippen LogP contribution in [0.4, 0.5) is 5.82 Å². The van der Waals surface area contributed by atoms with Crippen molar-refractivity contribution in [1.29, 1.82) is 0 Å². The lowest BCUT2D eigenvalue weighted by Gasteiger charge is -2.14. The number of pyridine rings is 1.